The van der Waals surface area contributed by atoms with Crippen molar-refractivity contribution in [3.8, 4) is 5.75 Å². The number of hydrogen-bond donors (Lipinski definition) is 0. The van der Waals surface area contributed by atoms with Crippen LogP contribution in [-0.4, -0.2) is 19.2 Å². The molecule has 0 saturated carbocycles. The van der Waals surface area contributed by atoms with Crippen LogP contribution in [0.25, 0.3) is 6.08 Å². The first-order valence-electron chi connectivity index (χ1n) is 6.05. The summed E-state index contributed by atoms with van der Waals surface area (Å²) in [6, 6.07) is 5.90. The zero-order chi connectivity index (χ0) is 12.8. The predicted molar refractivity (Wildman–Crippen MR) is 70.4 cm³/mol. The second-order valence-electron chi connectivity index (χ2n) is 3.94. The van der Waals surface area contributed by atoms with Gasteiger partial charge in [0.25, 0.3) is 0 Å². The van der Waals surface area contributed by atoms with Crippen LogP contribution in [0.15, 0.2) is 36.4 Å². The zero-order valence-corrected chi connectivity index (χ0v) is 10.4. The molecule has 0 spiro atoms. The van der Waals surface area contributed by atoms with E-state index in [0.717, 1.165) is 23.3 Å². The van der Waals surface area contributed by atoms with Crippen molar-refractivity contribution in [1.29, 1.82) is 0 Å². The smallest absolute Gasteiger partial charge is 0.330 e. The summed E-state index contributed by atoms with van der Waals surface area (Å²) in [5.74, 6) is 0.594. The third-order valence-electron chi connectivity index (χ3n) is 2.62. The Morgan fingerprint density at radius 2 is 2.33 bits per heavy atom. The van der Waals surface area contributed by atoms with Crippen LogP contribution >= 0.6 is 0 Å². The normalized spacial score (nSPS) is 13.8. The molecule has 0 bridgehead atoms. The molecule has 1 heterocycles. The number of allylic oxidation sites excluding steroid dienone is 1. The van der Waals surface area contributed by atoms with Crippen LogP contribution in [0.2, 0.25) is 0 Å². The summed E-state index contributed by atoms with van der Waals surface area (Å²) < 4.78 is 10.4. The number of fused-ring (bicyclic) bond motifs is 1. The summed E-state index contributed by atoms with van der Waals surface area (Å²) in [5, 5.41) is 0. The molecule has 0 radical (unpaired) electrons. The lowest BCUT2D eigenvalue weighted by atomic mass is 10.1. The second kappa shape index (κ2) is 6.05. The molecule has 1 aliphatic heterocycles. The minimum atomic E-state index is -0.316. The Kier molecular flexibility index (Phi) is 4.18. The average molecular weight is 244 g/mol. The van der Waals surface area contributed by atoms with Crippen LogP contribution in [-0.2, 0) is 16.0 Å². The highest BCUT2D eigenvalue weighted by Gasteiger charge is 2.05. The molecule has 18 heavy (non-hydrogen) atoms. The van der Waals surface area contributed by atoms with Crippen molar-refractivity contribution in [2.45, 2.75) is 13.3 Å². The molecule has 0 unspecified atom stereocenters. The van der Waals surface area contributed by atoms with E-state index < -0.39 is 0 Å². The van der Waals surface area contributed by atoms with Crippen molar-refractivity contribution in [3.63, 3.8) is 0 Å². The van der Waals surface area contributed by atoms with Gasteiger partial charge in [-0.15, -0.1) is 0 Å². The standard InChI is InChI=1S/C15H16O3/c1-2-17-15(16)9-7-12-6-8-14-13(11-12)5-3-4-10-18-14/h3-4,6-9,11H,2,5,10H2,1H3/b9-7+. The van der Waals surface area contributed by atoms with Gasteiger partial charge in [0.2, 0.25) is 0 Å². The lowest BCUT2D eigenvalue weighted by molar-refractivity contribution is -0.137. The summed E-state index contributed by atoms with van der Waals surface area (Å²) in [5.41, 5.74) is 2.11. The molecule has 0 aromatic heterocycles. The maximum absolute atomic E-state index is 11.2. The Labute approximate surface area is 107 Å². The maximum atomic E-state index is 11.2. The van der Waals surface area contributed by atoms with E-state index in [-0.39, 0.29) is 5.97 Å². The van der Waals surface area contributed by atoms with Crippen molar-refractivity contribution < 1.29 is 14.3 Å². The van der Waals surface area contributed by atoms with Gasteiger partial charge in [-0.2, -0.15) is 0 Å². The largest absolute Gasteiger partial charge is 0.489 e. The van der Waals surface area contributed by atoms with Crippen LogP contribution in [0.5, 0.6) is 5.75 Å². The molecule has 1 aromatic carbocycles. The van der Waals surface area contributed by atoms with E-state index in [9.17, 15) is 4.79 Å². The molecule has 3 heteroatoms. The molecule has 1 aliphatic rings. The Bertz CT molecular complexity index is 487. The molecule has 3 nitrogen and oxygen atoms in total. The highest BCUT2D eigenvalue weighted by molar-refractivity contribution is 5.87. The summed E-state index contributed by atoms with van der Waals surface area (Å²) in [4.78, 5) is 11.2. The topological polar surface area (TPSA) is 35.5 Å². The van der Waals surface area contributed by atoms with Crippen LogP contribution in [0.4, 0.5) is 0 Å². The quantitative estimate of drug-likeness (QED) is 0.466. The van der Waals surface area contributed by atoms with Gasteiger partial charge in [0.15, 0.2) is 0 Å². The van der Waals surface area contributed by atoms with Crippen molar-refractivity contribution in [2.24, 2.45) is 0 Å². The lowest BCUT2D eigenvalue weighted by Gasteiger charge is -2.07. The first kappa shape index (κ1) is 12.4. The minimum absolute atomic E-state index is 0.316. The number of ether oxygens (including phenoxy) is 2. The Balaban J connectivity index is 2.13. The van der Waals surface area contributed by atoms with Gasteiger partial charge in [0.1, 0.15) is 12.4 Å². The summed E-state index contributed by atoms with van der Waals surface area (Å²) in [6.45, 7) is 2.80. The number of hydrogen-bond acceptors (Lipinski definition) is 3. The highest BCUT2D eigenvalue weighted by atomic mass is 16.5. The van der Waals surface area contributed by atoms with Crippen molar-refractivity contribution >= 4 is 12.0 Å². The van der Waals surface area contributed by atoms with E-state index in [2.05, 4.69) is 6.08 Å². The van der Waals surface area contributed by atoms with E-state index >= 15 is 0 Å². The van der Waals surface area contributed by atoms with E-state index in [1.807, 2.05) is 24.3 Å². The molecule has 94 valence electrons. The highest BCUT2D eigenvalue weighted by Crippen LogP contribution is 2.23. The van der Waals surface area contributed by atoms with Gasteiger partial charge in [-0.05, 0) is 42.7 Å². The molecule has 0 saturated heterocycles. The molecule has 1 aromatic rings. The van der Waals surface area contributed by atoms with Crippen molar-refractivity contribution in [2.75, 3.05) is 13.2 Å². The number of carbonyl (C=O) groups excluding carboxylic acids is 1. The van der Waals surface area contributed by atoms with Gasteiger partial charge < -0.3 is 9.47 Å². The number of rotatable bonds is 3. The van der Waals surface area contributed by atoms with Crippen LogP contribution < -0.4 is 4.74 Å². The minimum Gasteiger partial charge on any atom is -0.489 e. The van der Waals surface area contributed by atoms with Gasteiger partial charge >= 0.3 is 5.97 Å². The Morgan fingerprint density at radius 3 is 3.17 bits per heavy atom. The van der Waals surface area contributed by atoms with E-state index in [4.69, 9.17) is 9.47 Å². The fourth-order valence-corrected chi connectivity index (χ4v) is 1.77. The fraction of sp³-hybridized carbons (Fsp3) is 0.267. The predicted octanol–water partition coefficient (Wildman–Crippen LogP) is 2.75. The first-order valence-corrected chi connectivity index (χ1v) is 6.05. The number of esters is 1. The van der Waals surface area contributed by atoms with Gasteiger partial charge in [0.05, 0.1) is 6.61 Å². The molecule has 0 atom stereocenters. The monoisotopic (exact) mass is 244 g/mol. The van der Waals surface area contributed by atoms with Crippen molar-refractivity contribution in [3.05, 3.63) is 47.6 Å². The fourth-order valence-electron chi connectivity index (χ4n) is 1.77. The van der Waals surface area contributed by atoms with Crippen LogP contribution in [0.3, 0.4) is 0 Å². The molecular formula is C15H16O3. The van der Waals surface area contributed by atoms with E-state index in [1.54, 1.807) is 13.0 Å². The Morgan fingerprint density at radius 1 is 1.44 bits per heavy atom. The third kappa shape index (κ3) is 3.23. The molecule has 0 fully saturated rings. The van der Waals surface area contributed by atoms with E-state index in [1.165, 1.54) is 6.08 Å². The average Bonchev–Trinajstić information content (AvgIpc) is 2.61. The molecule has 0 amide bonds. The molecule has 0 N–H and O–H groups in total. The summed E-state index contributed by atoms with van der Waals surface area (Å²) in [6.07, 6.45) is 8.15. The summed E-state index contributed by atoms with van der Waals surface area (Å²) >= 11 is 0. The maximum Gasteiger partial charge on any atom is 0.330 e. The Hall–Kier alpha value is -2.03. The molecule has 0 aliphatic carbocycles. The van der Waals surface area contributed by atoms with Gasteiger partial charge in [-0.1, -0.05) is 18.2 Å². The van der Waals surface area contributed by atoms with Crippen LogP contribution in [0.1, 0.15) is 18.1 Å². The lowest BCUT2D eigenvalue weighted by Crippen LogP contribution is -1.98. The van der Waals surface area contributed by atoms with E-state index in [0.29, 0.717) is 13.2 Å². The van der Waals surface area contributed by atoms with Crippen LogP contribution in [0, 0.1) is 0 Å². The SMILES string of the molecule is CCOC(=O)/C=C/c1ccc2c(c1)CC=CCO2. The summed E-state index contributed by atoms with van der Waals surface area (Å²) in [7, 11) is 0. The van der Waals surface area contributed by atoms with Crippen molar-refractivity contribution in [1.82, 2.24) is 0 Å². The zero-order valence-electron chi connectivity index (χ0n) is 10.4. The third-order valence-corrected chi connectivity index (χ3v) is 2.62. The second-order valence-corrected chi connectivity index (χ2v) is 3.94. The van der Waals surface area contributed by atoms with Gasteiger partial charge in [-0.25, -0.2) is 4.79 Å². The number of carbonyl (C=O) groups is 1. The van der Waals surface area contributed by atoms with Gasteiger partial charge in [0, 0.05) is 6.08 Å². The first-order chi connectivity index (χ1) is 8.79. The molecular weight excluding hydrogens is 228 g/mol. The molecule has 2 rings (SSSR count). The van der Waals surface area contributed by atoms with Gasteiger partial charge in [-0.3, -0.25) is 0 Å². The number of benzene rings is 1.